The molecule has 2 nitrogen and oxygen atoms in total. The lowest BCUT2D eigenvalue weighted by Crippen LogP contribution is -2.31. The van der Waals surface area contributed by atoms with Crippen molar-refractivity contribution in [3.05, 3.63) is 40.4 Å². The summed E-state index contributed by atoms with van der Waals surface area (Å²) in [5, 5.41) is 0.799. The molecular weight excluding hydrogens is 268 g/mol. The monoisotopic (exact) mass is 292 g/mol. The first-order valence-electron chi connectivity index (χ1n) is 7.28. The Kier molecular flexibility index (Phi) is 4.46. The minimum absolute atomic E-state index is 0.0234. The normalized spacial score (nSPS) is 17.9. The second kappa shape index (κ2) is 5.79. The summed E-state index contributed by atoms with van der Waals surface area (Å²) in [5.41, 5.74) is 9.90. The van der Waals surface area contributed by atoms with Gasteiger partial charge in [-0.25, -0.2) is 0 Å². The molecule has 0 radical (unpaired) electrons. The van der Waals surface area contributed by atoms with Gasteiger partial charge in [0.15, 0.2) is 0 Å². The van der Waals surface area contributed by atoms with E-state index in [1.54, 1.807) is 0 Å². The Hall–Kier alpha value is -0.990. The van der Waals surface area contributed by atoms with Gasteiger partial charge in [0, 0.05) is 19.1 Å². The van der Waals surface area contributed by atoms with Crippen molar-refractivity contribution >= 4 is 17.3 Å². The summed E-state index contributed by atoms with van der Waals surface area (Å²) in [7, 11) is 0. The Morgan fingerprint density at radius 2 is 2.00 bits per heavy atom. The van der Waals surface area contributed by atoms with E-state index in [9.17, 15) is 0 Å². The maximum atomic E-state index is 6.42. The molecule has 0 bridgehead atoms. The number of hydrogen-bond acceptors (Lipinski definition) is 2. The standard InChI is InChI=1S/C17H25ClN2/c1-12(19)13-5-6-16(15(18)11-13)20-9-7-14(8-10-20)17(2,3)4/h5-7,11-12H,8-10,19H2,1-4H3/t12-/m0/s1. The van der Waals surface area contributed by atoms with Crippen LogP contribution < -0.4 is 10.6 Å². The van der Waals surface area contributed by atoms with Crippen LogP contribution in [0.15, 0.2) is 29.8 Å². The van der Waals surface area contributed by atoms with Crippen LogP contribution in [0.4, 0.5) is 5.69 Å². The van der Waals surface area contributed by atoms with E-state index in [1.807, 2.05) is 13.0 Å². The molecular formula is C17H25ClN2. The molecule has 2 rings (SSSR count). The first-order chi connectivity index (χ1) is 9.29. The number of benzene rings is 1. The maximum absolute atomic E-state index is 6.42. The van der Waals surface area contributed by atoms with E-state index in [1.165, 1.54) is 5.57 Å². The third kappa shape index (κ3) is 3.36. The number of nitrogens with two attached hydrogens (primary N) is 1. The Labute approximate surface area is 127 Å². The second-order valence-corrected chi connectivity index (χ2v) is 7.08. The van der Waals surface area contributed by atoms with Crippen molar-refractivity contribution < 1.29 is 0 Å². The van der Waals surface area contributed by atoms with Crippen LogP contribution in [0.2, 0.25) is 5.02 Å². The highest BCUT2D eigenvalue weighted by Gasteiger charge is 2.22. The molecule has 1 heterocycles. The highest BCUT2D eigenvalue weighted by molar-refractivity contribution is 6.33. The molecule has 20 heavy (non-hydrogen) atoms. The molecule has 2 N–H and O–H groups in total. The summed E-state index contributed by atoms with van der Waals surface area (Å²) in [6, 6.07) is 6.19. The Morgan fingerprint density at radius 3 is 2.45 bits per heavy atom. The lowest BCUT2D eigenvalue weighted by atomic mass is 9.83. The highest BCUT2D eigenvalue weighted by Crippen LogP contribution is 2.34. The zero-order chi connectivity index (χ0) is 14.9. The van der Waals surface area contributed by atoms with Gasteiger partial charge in [0.25, 0.3) is 0 Å². The number of nitrogens with zero attached hydrogens (tertiary/aromatic N) is 1. The van der Waals surface area contributed by atoms with E-state index >= 15 is 0 Å². The molecule has 1 aliphatic rings. The van der Waals surface area contributed by atoms with Crippen molar-refractivity contribution in [1.82, 2.24) is 0 Å². The largest absolute Gasteiger partial charge is 0.366 e. The van der Waals surface area contributed by atoms with E-state index < -0.39 is 0 Å². The van der Waals surface area contributed by atoms with Gasteiger partial charge in [-0.3, -0.25) is 0 Å². The minimum Gasteiger partial charge on any atom is -0.366 e. The minimum atomic E-state index is 0.0234. The Bertz CT molecular complexity index is 512. The van der Waals surface area contributed by atoms with Gasteiger partial charge < -0.3 is 10.6 Å². The predicted octanol–water partition coefficient (Wildman–Crippen LogP) is 4.54. The molecule has 0 saturated heterocycles. The van der Waals surface area contributed by atoms with Gasteiger partial charge in [0.1, 0.15) is 0 Å². The fraction of sp³-hybridized carbons (Fsp3) is 0.529. The first kappa shape index (κ1) is 15.4. The summed E-state index contributed by atoms with van der Waals surface area (Å²) in [6.45, 7) is 10.8. The lowest BCUT2D eigenvalue weighted by Gasteiger charge is -2.34. The van der Waals surface area contributed by atoms with Crippen molar-refractivity contribution in [1.29, 1.82) is 0 Å². The van der Waals surface area contributed by atoms with Gasteiger partial charge in [-0.05, 0) is 36.5 Å². The summed E-state index contributed by atoms with van der Waals surface area (Å²) in [5.74, 6) is 0. The molecule has 0 aromatic heterocycles. The van der Waals surface area contributed by atoms with Crippen molar-refractivity contribution in [3.8, 4) is 0 Å². The molecule has 1 atom stereocenters. The third-order valence-electron chi connectivity index (χ3n) is 4.01. The fourth-order valence-corrected chi connectivity index (χ4v) is 2.94. The molecule has 1 aromatic rings. The zero-order valence-corrected chi connectivity index (χ0v) is 13.7. The van der Waals surface area contributed by atoms with E-state index in [2.05, 4.69) is 43.9 Å². The molecule has 3 heteroatoms. The summed E-state index contributed by atoms with van der Waals surface area (Å²) < 4.78 is 0. The van der Waals surface area contributed by atoms with E-state index in [4.69, 9.17) is 17.3 Å². The predicted molar refractivity (Wildman–Crippen MR) is 88.4 cm³/mol. The highest BCUT2D eigenvalue weighted by atomic mass is 35.5. The number of rotatable bonds is 2. The van der Waals surface area contributed by atoms with Crippen molar-refractivity contribution in [2.45, 2.75) is 40.2 Å². The summed E-state index contributed by atoms with van der Waals surface area (Å²) >= 11 is 6.42. The summed E-state index contributed by atoms with van der Waals surface area (Å²) in [6.07, 6.45) is 3.45. The number of halogens is 1. The Morgan fingerprint density at radius 1 is 1.30 bits per heavy atom. The van der Waals surface area contributed by atoms with Crippen LogP contribution in [0.1, 0.15) is 45.7 Å². The number of anilines is 1. The SMILES string of the molecule is C[C@H](N)c1ccc(N2CC=C(C(C)(C)C)CC2)c(Cl)c1. The van der Waals surface area contributed by atoms with Crippen LogP contribution in [0.25, 0.3) is 0 Å². The average Bonchev–Trinajstić information content (AvgIpc) is 2.37. The maximum Gasteiger partial charge on any atom is 0.0643 e. The third-order valence-corrected chi connectivity index (χ3v) is 4.31. The van der Waals surface area contributed by atoms with Crippen molar-refractivity contribution in [2.24, 2.45) is 11.1 Å². The summed E-state index contributed by atoms with van der Waals surface area (Å²) in [4.78, 5) is 2.34. The molecule has 110 valence electrons. The van der Waals surface area contributed by atoms with Gasteiger partial charge in [-0.1, -0.05) is 50.1 Å². The van der Waals surface area contributed by atoms with Crippen molar-refractivity contribution in [2.75, 3.05) is 18.0 Å². The van der Waals surface area contributed by atoms with Crippen LogP contribution in [-0.2, 0) is 0 Å². The second-order valence-electron chi connectivity index (χ2n) is 6.67. The van der Waals surface area contributed by atoms with Crippen LogP contribution >= 0.6 is 11.6 Å². The topological polar surface area (TPSA) is 29.3 Å². The molecule has 0 amide bonds. The van der Waals surface area contributed by atoms with Crippen LogP contribution in [0, 0.1) is 5.41 Å². The molecule has 0 aliphatic carbocycles. The molecule has 1 aliphatic heterocycles. The molecule has 0 unspecified atom stereocenters. The molecule has 0 fully saturated rings. The quantitative estimate of drug-likeness (QED) is 0.811. The van der Waals surface area contributed by atoms with Gasteiger partial charge in [-0.2, -0.15) is 0 Å². The zero-order valence-electron chi connectivity index (χ0n) is 12.9. The van der Waals surface area contributed by atoms with E-state index in [0.717, 1.165) is 35.8 Å². The lowest BCUT2D eigenvalue weighted by molar-refractivity contribution is 0.472. The molecule has 1 aromatic carbocycles. The van der Waals surface area contributed by atoms with Crippen LogP contribution in [-0.4, -0.2) is 13.1 Å². The van der Waals surface area contributed by atoms with Gasteiger partial charge >= 0.3 is 0 Å². The Balaban J connectivity index is 2.17. The van der Waals surface area contributed by atoms with Crippen LogP contribution in [0.5, 0.6) is 0 Å². The average molecular weight is 293 g/mol. The first-order valence-corrected chi connectivity index (χ1v) is 7.66. The van der Waals surface area contributed by atoms with Crippen LogP contribution in [0.3, 0.4) is 0 Å². The van der Waals surface area contributed by atoms with Gasteiger partial charge in [0.2, 0.25) is 0 Å². The van der Waals surface area contributed by atoms with Gasteiger partial charge in [0.05, 0.1) is 10.7 Å². The fourth-order valence-electron chi connectivity index (χ4n) is 2.63. The molecule has 0 spiro atoms. The van der Waals surface area contributed by atoms with Crippen molar-refractivity contribution in [3.63, 3.8) is 0 Å². The van der Waals surface area contributed by atoms with E-state index in [-0.39, 0.29) is 11.5 Å². The number of hydrogen-bond donors (Lipinski definition) is 1. The van der Waals surface area contributed by atoms with E-state index in [0.29, 0.717) is 0 Å². The van der Waals surface area contributed by atoms with Gasteiger partial charge in [-0.15, -0.1) is 0 Å². The smallest absolute Gasteiger partial charge is 0.0643 e. The molecule has 0 saturated carbocycles.